The average molecular weight is 330 g/mol. The predicted octanol–water partition coefficient (Wildman–Crippen LogP) is 1.14. The SMILES string of the molecule is CC(NC(N)=O)C(=O)Nc1ccc(Br)c(C(=O)O)c1. The molecule has 0 aromatic heterocycles. The summed E-state index contributed by atoms with van der Waals surface area (Å²) in [5.74, 6) is -1.62. The first-order valence-electron chi connectivity index (χ1n) is 5.21. The van der Waals surface area contributed by atoms with Crippen molar-refractivity contribution in [2.24, 2.45) is 5.73 Å². The van der Waals surface area contributed by atoms with Gasteiger partial charge in [0.2, 0.25) is 5.91 Å². The molecule has 1 atom stereocenters. The molecule has 0 saturated heterocycles. The van der Waals surface area contributed by atoms with E-state index in [1.54, 1.807) is 0 Å². The number of halogens is 1. The molecule has 0 aliphatic carbocycles. The number of carboxylic acid groups (broad SMARTS) is 1. The third-order valence-corrected chi connectivity index (χ3v) is 2.91. The molecular weight excluding hydrogens is 318 g/mol. The van der Waals surface area contributed by atoms with Crippen molar-refractivity contribution in [1.29, 1.82) is 0 Å². The van der Waals surface area contributed by atoms with Crippen molar-refractivity contribution in [3.8, 4) is 0 Å². The number of carbonyl (C=O) groups is 3. The zero-order chi connectivity index (χ0) is 14.6. The number of amides is 3. The zero-order valence-electron chi connectivity index (χ0n) is 9.94. The summed E-state index contributed by atoms with van der Waals surface area (Å²) in [6.07, 6.45) is 0. The number of aromatic carboxylic acids is 1. The molecule has 1 rings (SSSR count). The second kappa shape index (κ2) is 6.19. The number of anilines is 1. The quantitative estimate of drug-likeness (QED) is 0.661. The molecule has 0 radical (unpaired) electrons. The fraction of sp³-hybridized carbons (Fsp3) is 0.182. The first-order valence-corrected chi connectivity index (χ1v) is 6.00. The molecule has 3 amide bonds. The number of carbonyl (C=O) groups excluding carboxylic acids is 2. The Kier molecular flexibility index (Phi) is 4.87. The van der Waals surface area contributed by atoms with Crippen LogP contribution >= 0.6 is 15.9 Å². The van der Waals surface area contributed by atoms with Crippen molar-refractivity contribution in [3.63, 3.8) is 0 Å². The third-order valence-electron chi connectivity index (χ3n) is 2.22. The molecule has 0 saturated carbocycles. The van der Waals surface area contributed by atoms with Gasteiger partial charge in [0.15, 0.2) is 0 Å². The largest absolute Gasteiger partial charge is 0.478 e. The Bertz CT molecular complexity index is 533. The number of nitrogens with two attached hydrogens (primary N) is 1. The van der Waals surface area contributed by atoms with Crippen LogP contribution in [0.4, 0.5) is 10.5 Å². The van der Waals surface area contributed by atoms with Crippen LogP contribution < -0.4 is 16.4 Å². The van der Waals surface area contributed by atoms with Crippen LogP contribution in [0.2, 0.25) is 0 Å². The van der Waals surface area contributed by atoms with Gasteiger partial charge in [0, 0.05) is 10.2 Å². The molecule has 0 bridgehead atoms. The number of benzene rings is 1. The lowest BCUT2D eigenvalue weighted by atomic mass is 10.2. The maximum Gasteiger partial charge on any atom is 0.336 e. The van der Waals surface area contributed by atoms with E-state index in [1.807, 2.05) is 0 Å². The van der Waals surface area contributed by atoms with Crippen molar-refractivity contribution in [2.45, 2.75) is 13.0 Å². The molecule has 0 heterocycles. The lowest BCUT2D eigenvalue weighted by molar-refractivity contribution is -0.117. The number of urea groups is 1. The number of carboxylic acids is 1. The maximum atomic E-state index is 11.7. The van der Waals surface area contributed by atoms with Crippen LogP contribution in [0.5, 0.6) is 0 Å². The Morgan fingerprint density at radius 1 is 1.37 bits per heavy atom. The van der Waals surface area contributed by atoms with Crippen LogP contribution in [0.3, 0.4) is 0 Å². The molecule has 8 heteroatoms. The molecule has 0 spiro atoms. The van der Waals surface area contributed by atoms with E-state index in [2.05, 4.69) is 26.6 Å². The lowest BCUT2D eigenvalue weighted by Gasteiger charge is -2.13. The molecule has 1 aromatic rings. The van der Waals surface area contributed by atoms with E-state index in [1.165, 1.54) is 25.1 Å². The highest BCUT2D eigenvalue weighted by Crippen LogP contribution is 2.21. The minimum atomic E-state index is -1.12. The first kappa shape index (κ1) is 15.0. The van der Waals surface area contributed by atoms with Gasteiger partial charge in [-0.05, 0) is 41.1 Å². The molecule has 7 nitrogen and oxygen atoms in total. The van der Waals surface area contributed by atoms with Gasteiger partial charge in [-0.3, -0.25) is 4.79 Å². The summed E-state index contributed by atoms with van der Waals surface area (Å²) >= 11 is 3.09. The minimum Gasteiger partial charge on any atom is -0.478 e. The number of rotatable bonds is 4. The summed E-state index contributed by atoms with van der Waals surface area (Å²) in [5.41, 5.74) is 5.22. The Labute approximate surface area is 117 Å². The van der Waals surface area contributed by atoms with E-state index in [9.17, 15) is 14.4 Å². The Hall–Kier alpha value is -2.09. The highest BCUT2D eigenvalue weighted by molar-refractivity contribution is 9.10. The number of nitrogens with one attached hydrogen (secondary N) is 2. The highest BCUT2D eigenvalue weighted by atomic mass is 79.9. The van der Waals surface area contributed by atoms with Crippen LogP contribution in [0, 0.1) is 0 Å². The van der Waals surface area contributed by atoms with Crippen molar-refractivity contribution >= 4 is 39.5 Å². The molecule has 1 aromatic carbocycles. The standard InChI is InChI=1S/C11H12BrN3O4/c1-5(14-11(13)19)9(16)15-6-2-3-8(12)7(4-6)10(17)18/h2-5H,1H3,(H,15,16)(H,17,18)(H3,13,14,19). The highest BCUT2D eigenvalue weighted by Gasteiger charge is 2.15. The lowest BCUT2D eigenvalue weighted by Crippen LogP contribution is -2.44. The summed E-state index contributed by atoms with van der Waals surface area (Å²) in [7, 11) is 0. The van der Waals surface area contributed by atoms with E-state index in [0.717, 1.165) is 0 Å². The second-order valence-electron chi connectivity index (χ2n) is 3.72. The van der Waals surface area contributed by atoms with E-state index < -0.39 is 23.9 Å². The Morgan fingerprint density at radius 3 is 2.53 bits per heavy atom. The van der Waals surface area contributed by atoms with Crippen LogP contribution in [-0.2, 0) is 4.79 Å². The average Bonchev–Trinajstić information content (AvgIpc) is 2.30. The topological polar surface area (TPSA) is 122 Å². The van der Waals surface area contributed by atoms with Crippen LogP contribution in [0.15, 0.2) is 22.7 Å². The summed E-state index contributed by atoms with van der Waals surface area (Å²) in [6, 6.07) is 2.71. The predicted molar refractivity (Wildman–Crippen MR) is 71.9 cm³/mol. The molecule has 1 unspecified atom stereocenters. The summed E-state index contributed by atoms with van der Waals surface area (Å²) in [5, 5.41) is 13.6. The van der Waals surface area contributed by atoms with Gasteiger partial charge in [-0.2, -0.15) is 0 Å². The van der Waals surface area contributed by atoms with Gasteiger partial charge in [-0.25, -0.2) is 9.59 Å². The van der Waals surface area contributed by atoms with Crippen molar-refractivity contribution in [1.82, 2.24) is 5.32 Å². The Balaban J connectivity index is 2.83. The van der Waals surface area contributed by atoms with Gasteiger partial charge in [-0.1, -0.05) is 0 Å². The molecule has 5 N–H and O–H groups in total. The summed E-state index contributed by atoms with van der Waals surface area (Å²) in [4.78, 5) is 33.2. The first-order chi connectivity index (χ1) is 8.81. The zero-order valence-corrected chi connectivity index (χ0v) is 11.5. The molecular formula is C11H12BrN3O4. The Morgan fingerprint density at radius 2 is 2.00 bits per heavy atom. The van der Waals surface area contributed by atoms with E-state index in [0.29, 0.717) is 10.2 Å². The smallest absolute Gasteiger partial charge is 0.336 e. The van der Waals surface area contributed by atoms with Crippen LogP contribution in [0.1, 0.15) is 17.3 Å². The van der Waals surface area contributed by atoms with Gasteiger partial charge in [0.1, 0.15) is 6.04 Å². The minimum absolute atomic E-state index is 0.0216. The van der Waals surface area contributed by atoms with Gasteiger partial charge < -0.3 is 21.5 Å². The molecule has 0 aliphatic heterocycles. The van der Waals surface area contributed by atoms with E-state index in [-0.39, 0.29) is 5.56 Å². The van der Waals surface area contributed by atoms with Crippen LogP contribution in [0.25, 0.3) is 0 Å². The third kappa shape index (κ3) is 4.25. The van der Waals surface area contributed by atoms with Crippen molar-refractivity contribution in [2.75, 3.05) is 5.32 Å². The van der Waals surface area contributed by atoms with E-state index in [4.69, 9.17) is 10.8 Å². The monoisotopic (exact) mass is 329 g/mol. The fourth-order valence-corrected chi connectivity index (χ4v) is 1.71. The van der Waals surface area contributed by atoms with Gasteiger partial charge >= 0.3 is 12.0 Å². The number of primary amides is 1. The van der Waals surface area contributed by atoms with Crippen molar-refractivity contribution in [3.05, 3.63) is 28.2 Å². The molecule has 19 heavy (non-hydrogen) atoms. The van der Waals surface area contributed by atoms with Gasteiger partial charge in [0.25, 0.3) is 0 Å². The molecule has 102 valence electrons. The molecule has 0 fully saturated rings. The number of hydrogen-bond acceptors (Lipinski definition) is 3. The van der Waals surface area contributed by atoms with Gasteiger partial charge in [-0.15, -0.1) is 0 Å². The normalized spacial score (nSPS) is 11.5. The summed E-state index contributed by atoms with van der Waals surface area (Å²) < 4.78 is 0.404. The van der Waals surface area contributed by atoms with Crippen LogP contribution in [-0.4, -0.2) is 29.1 Å². The number of hydrogen-bond donors (Lipinski definition) is 4. The van der Waals surface area contributed by atoms with Gasteiger partial charge in [0.05, 0.1) is 5.56 Å². The fourth-order valence-electron chi connectivity index (χ4n) is 1.30. The summed E-state index contributed by atoms with van der Waals surface area (Å²) in [6.45, 7) is 1.46. The second-order valence-corrected chi connectivity index (χ2v) is 4.57. The maximum absolute atomic E-state index is 11.7. The van der Waals surface area contributed by atoms with E-state index >= 15 is 0 Å². The molecule has 0 aliphatic rings. The van der Waals surface area contributed by atoms with Crippen molar-refractivity contribution < 1.29 is 19.5 Å².